The molecule has 5 heterocycles. The van der Waals surface area contributed by atoms with Crippen LogP contribution in [0.3, 0.4) is 0 Å². The maximum Gasteiger partial charge on any atom is 0.408 e. The molecule has 1 amide bonds. The molecule has 16 heteroatoms. The number of hydrogen-bond donors (Lipinski definition) is 3. The van der Waals surface area contributed by atoms with Gasteiger partial charge in [0, 0.05) is 37.7 Å². The first kappa shape index (κ1) is 29.2. The third kappa shape index (κ3) is 6.32. The highest BCUT2D eigenvalue weighted by molar-refractivity contribution is 5.93. The highest BCUT2D eigenvalue weighted by atomic mass is 19.4. The normalized spacial score (nSPS) is 15.0. The molecule has 0 saturated carbocycles. The monoisotopic (exact) mass is 596 g/mol. The average molecular weight is 597 g/mol. The lowest BCUT2D eigenvalue weighted by Gasteiger charge is -2.26. The Morgan fingerprint density at radius 1 is 1.09 bits per heavy atom. The Hall–Kier alpha value is -5.28. The van der Waals surface area contributed by atoms with Crippen LogP contribution in [0.25, 0.3) is 11.3 Å². The number of alkyl halides is 3. The summed E-state index contributed by atoms with van der Waals surface area (Å²) in [5, 5.41) is 5.31. The topological polar surface area (TPSA) is 166 Å². The zero-order chi connectivity index (χ0) is 30.7. The molecule has 0 bridgehead atoms. The maximum atomic E-state index is 13.3. The summed E-state index contributed by atoms with van der Waals surface area (Å²) in [6.07, 6.45) is 0.301. The lowest BCUT2D eigenvalue weighted by molar-refractivity contribution is -0.146. The number of carbonyl (C=O) groups excluding carboxylic acids is 1. The van der Waals surface area contributed by atoms with Crippen LogP contribution in [-0.4, -0.2) is 60.3 Å². The Bertz CT molecular complexity index is 1740. The number of pyridine rings is 2. The molecule has 1 saturated heterocycles. The number of nitrogens with one attached hydrogen (secondary N) is 2. The summed E-state index contributed by atoms with van der Waals surface area (Å²) in [5.41, 5.74) is 5.84. The molecule has 0 radical (unpaired) electrons. The SMILES string of the molecule is Cn1c(N)c(NCC(=O)Nc2cccc(-c3cnc(N4CCCC4C(F)(F)F)nc3)n2)c(=O)n(Cc2ccccn2)c1=O. The van der Waals surface area contributed by atoms with E-state index in [9.17, 15) is 27.6 Å². The van der Waals surface area contributed by atoms with Crippen LogP contribution in [0, 0.1) is 0 Å². The van der Waals surface area contributed by atoms with Crippen molar-refractivity contribution in [2.75, 3.05) is 34.4 Å². The van der Waals surface area contributed by atoms with Gasteiger partial charge in [-0.15, -0.1) is 0 Å². The van der Waals surface area contributed by atoms with E-state index in [2.05, 4.69) is 30.6 Å². The minimum Gasteiger partial charge on any atom is -0.383 e. The van der Waals surface area contributed by atoms with Gasteiger partial charge in [0.05, 0.1) is 24.5 Å². The van der Waals surface area contributed by atoms with E-state index in [1.54, 1.807) is 30.3 Å². The summed E-state index contributed by atoms with van der Waals surface area (Å²) in [5.74, 6) is -0.548. The molecule has 1 unspecified atom stereocenters. The number of carbonyl (C=O) groups is 1. The predicted octanol–water partition coefficient (Wildman–Crippen LogP) is 2.01. The van der Waals surface area contributed by atoms with Crippen molar-refractivity contribution in [3.63, 3.8) is 0 Å². The molecule has 0 spiro atoms. The second-order valence-corrected chi connectivity index (χ2v) is 9.79. The number of halogens is 3. The van der Waals surface area contributed by atoms with E-state index in [1.807, 2.05) is 0 Å². The van der Waals surface area contributed by atoms with Crippen molar-refractivity contribution in [3.05, 3.63) is 81.5 Å². The van der Waals surface area contributed by atoms with Crippen LogP contribution in [0.4, 0.5) is 36.4 Å². The lowest BCUT2D eigenvalue weighted by Crippen LogP contribution is -2.42. The van der Waals surface area contributed by atoms with Gasteiger partial charge in [0.2, 0.25) is 11.9 Å². The van der Waals surface area contributed by atoms with Gasteiger partial charge in [-0.05, 0) is 37.1 Å². The van der Waals surface area contributed by atoms with Crippen LogP contribution < -0.4 is 32.5 Å². The molecule has 4 aromatic heterocycles. The van der Waals surface area contributed by atoms with Gasteiger partial charge in [0.1, 0.15) is 23.4 Å². The number of rotatable bonds is 8. The highest BCUT2D eigenvalue weighted by Crippen LogP contribution is 2.34. The van der Waals surface area contributed by atoms with Crippen LogP contribution in [0.5, 0.6) is 0 Å². The highest BCUT2D eigenvalue weighted by Gasteiger charge is 2.46. The number of amides is 1. The van der Waals surface area contributed by atoms with Crippen LogP contribution in [0.1, 0.15) is 18.5 Å². The van der Waals surface area contributed by atoms with E-state index in [4.69, 9.17) is 5.73 Å². The van der Waals surface area contributed by atoms with Gasteiger partial charge in [0.15, 0.2) is 0 Å². The molecule has 4 N–H and O–H groups in total. The van der Waals surface area contributed by atoms with E-state index < -0.39 is 29.4 Å². The van der Waals surface area contributed by atoms with E-state index in [1.165, 1.54) is 31.7 Å². The molecule has 1 aliphatic heterocycles. The Morgan fingerprint density at radius 2 is 1.86 bits per heavy atom. The van der Waals surface area contributed by atoms with Crippen molar-refractivity contribution in [3.8, 4) is 11.3 Å². The molecule has 1 aliphatic rings. The average Bonchev–Trinajstić information content (AvgIpc) is 3.50. The van der Waals surface area contributed by atoms with Crippen LogP contribution in [-0.2, 0) is 18.4 Å². The zero-order valence-electron chi connectivity index (χ0n) is 22.9. The second kappa shape index (κ2) is 11.9. The van der Waals surface area contributed by atoms with Gasteiger partial charge in [-0.25, -0.2) is 19.7 Å². The summed E-state index contributed by atoms with van der Waals surface area (Å²) in [4.78, 5) is 56.4. The maximum absolute atomic E-state index is 13.3. The third-order valence-corrected chi connectivity index (χ3v) is 6.90. The molecule has 5 rings (SSSR count). The zero-order valence-corrected chi connectivity index (χ0v) is 22.9. The van der Waals surface area contributed by atoms with Gasteiger partial charge < -0.3 is 21.3 Å². The number of nitrogen functional groups attached to an aromatic ring is 1. The number of anilines is 4. The van der Waals surface area contributed by atoms with E-state index in [0.29, 0.717) is 23.4 Å². The van der Waals surface area contributed by atoms with E-state index in [-0.39, 0.29) is 49.3 Å². The quantitative estimate of drug-likeness (QED) is 0.274. The van der Waals surface area contributed by atoms with Gasteiger partial charge in [0.25, 0.3) is 5.56 Å². The molecular formula is C27H27F3N10O3. The van der Waals surface area contributed by atoms with E-state index >= 15 is 0 Å². The van der Waals surface area contributed by atoms with Crippen molar-refractivity contribution in [1.82, 2.24) is 29.1 Å². The minimum absolute atomic E-state index is 0.0109. The molecule has 4 aromatic rings. The molecule has 1 fully saturated rings. The smallest absolute Gasteiger partial charge is 0.383 e. The predicted molar refractivity (Wildman–Crippen MR) is 152 cm³/mol. The molecular weight excluding hydrogens is 569 g/mol. The molecule has 13 nitrogen and oxygen atoms in total. The Kier molecular flexibility index (Phi) is 8.09. The van der Waals surface area contributed by atoms with Crippen molar-refractivity contribution >= 4 is 29.2 Å². The first-order valence-electron chi connectivity index (χ1n) is 13.2. The first-order valence-corrected chi connectivity index (χ1v) is 13.2. The summed E-state index contributed by atoms with van der Waals surface area (Å²) >= 11 is 0. The Morgan fingerprint density at radius 3 is 2.56 bits per heavy atom. The van der Waals surface area contributed by atoms with Crippen molar-refractivity contribution in [1.29, 1.82) is 0 Å². The second-order valence-electron chi connectivity index (χ2n) is 9.79. The summed E-state index contributed by atoms with van der Waals surface area (Å²) < 4.78 is 42.0. The third-order valence-electron chi connectivity index (χ3n) is 6.90. The summed E-state index contributed by atoms with van der Waals surface area (Å²) in [6, 6.07) is 8.28. The number of hydrogen-bond acceptors (Lipinski definition) is 10. The lowest BCUT2D eigenvalue weighted by atomic mass is 10.2. The van der Waals surface area contributed by atoms with Crippen LogP contribution in [0.15, 0.2) is 64.6 Å². The minimum atomic E-state index is -4.37. The fraction of sp³-hybridized carbons (Fsp3) is 0.296. The fourth-order valence-corrected chi connectivity index (χ4v) is 4.71. The molecule has 0 aliphatic carbocycles. The Balaban J connectivity index is 1.27. The van der Waals surface area contributed by atoms with Crippen molar-refractivity contribution in [2.24, 2.45) is 7.05 Å². The van der Waals surface area contributed by atoms with Crippen LogP contribution >= 0.6 is 0 Å². The molecule has 224 valence electrons. The largest absolute Gasteiger partial charge is 0.408 e. The first-order chi connectivity index (χ1) is 20.5. The van der Waals surface area contributed by atoms with Crippen LogP contribution in [0.2, 0.25) is 0 Å². The summed E-state index contributed by atoms with van der Waals surface area (Å²) in [6.45, 7) is -0.253. The molecule has 0 aromatic carbocycles. The molecule has 43 heavy (non-hydrogen) atoms. The number of aromatic nitrogens is 6. The Labute approximate surface area is 242 Å². The number of nitrogens with two attached hydrogens (primary N) is 1. The van der Waals surface area contributed by atoms with Crippen molar-refractivity contribution < 1.29 is 18.0 Å². The van der Waals surface area contributed by atoms with Crippen molar-refractivity contribution in [2.45, 2.75) is 31.6 Å². The van der Waals surface area contributed by atoms with Gasteiger partial charge in [-0.3, -0.25) is 23.7 Å². The standard InChI is InChI=1S/C27H27F3N10O3/c1-38-23(31)22(24(42)40(26(38)43)15-17-6-2-3-10-32-17)33-14-21(41)37-20-9-4-7-18(36-20)16-12-34-25(35-13-16)39-11-5-8-19(39)27(28,29)30/h2-4,6-7,9-10,12-13,19,33H,5,8,11,14-15,31H2,1H3,(H,36,37,41). The summed E-state index contributed by atoms with van der Waals surface area (Å²) in [7, 11) is 1.41. The van der Waals surface area contributed by atoms with E-state index in [0.717, 1.165) is 14.0 Å². The molecule has 1 atom stereocenters. The van der Waals surface area contributed by atoms with Gasteiger partial charge in [-0.1, -0.05) is 12.1 Å². The number of nitrogens with zero attached hydrogens (tertiary/aromatic N) is 7. The van der Waals surface area contributed by atoms with Gasteiger partial charge >= 0.3 is 11.9 Å². The fourth-order valence-electron chi connectivity index (χ4n) is 4.71. The van der Waals surface area contributed by atoms with Gasteiger partial charge in [-0.2, -0.15) is 13.2 Å².